The molecule has 3 aromatic rings. The lowest BCUT2D eigenvalue weighted by atomic mass is 10.2. The van der Waals surface area contributed by atoms with E-state index in [0.29, 0.717) is 17.2 Å². The van der Waals surface area contributed by atoms with Crippen LogP contribution in [0.2, 0.25) is 0 Å². The lowest BCUT2D eigenvalue weighted by molar-refractivity contribution is -0.116. The Morgan fingerprint density at radius 1 is 1.31 bits per heavy atom. The van der Waals surface area contributed by atoms with Crippen LogP contribution in [0.4, 0.5) is 5.69 Å². The van der Waals surface area contributed by atoms with Crippen molar-refractivity contribution in [2.45, 2.75) is 26.0 Å². The minimum absolute atomic E-state index is 0.142. The Balaban J connectivity index is 1.72. The predicted molar refractivity (Wildman–Crippen MR) is 99.4 cm³/mol. The first-order valence-corrected chi connectivity index (χ1v) is 8.34. The van der Waals surface area contributed by atoms with Crippen molar-refractivity contribution in [1.29, 1.82) is 0 Å². The number of amides is 1. The van der Waals surface area contributed by atoms with Gasteiger partial charge in [0.2, 0.25) is 5.91 Å². The molecule has 3 N–H and O–H groups in total. The van der Waals surface area contributed by atoms with E-state index in [-0.39, 0.29) is 25.0 Å². The number of imidazole rings is 1. The summed E-state index contributed by atoms with van der Waals surface area (Å²) in [4.78, 5) is 16.4. The summed E-state index contributed by atoms with van der Waals surface area (Å²) >= 11 is 0. The van der Waals surface area contributed by atoms with Crippen LogP contribution in [0, 0.1) is 0 Å². The number of carbonyl (C=O) groups excluding carboxylic acids is 1. The molecule has 0 spiro atoms. The molecule has 1 amide bonds. The molecule has 0 saturated carbocycles. The molecule has 1 aromatic carbocycles. The van der Waals surface area contributed by atoms with Crippen molar-refractivity contribution in [2.75, 3.05) is 12.4 Å². The van der Waals surface area contributed by atoms with E-state index in [0.717, 1.165) is 11.3 Å². The highest BCUT2D eigenvalue weighted by atomic mass is 16.5. The number of aromatic nitrogens is 2. The van der Waals surface area contributed by atoms with Gasteiger partial charge in [0.05, 0.1) is 12.8 Å². The maximum atomic E-state index is 11.9. The van der Waals surface area contributed by atoms with Crippen LogP contribution in [0.25, 0.3) is 5.65 Å². The second kappa shape index (κ2) is 7.88. The van der Waals surface area contributed by atoms with Crippen molar-refractivity contribution >= 4 is 17.2 Å². The first-order chi connectivity index (χ1) is 12.5. The molecule has 2 aromatic heterocycles. The van der Waals surface area contributed by atoms with Crippen LogP contribution in [0.1, 0.15) is 19.0 Å². The molecule has 7 nitrogen and oxygen atoms in total. The third kappa shape index (κ3) is 4.31. The summed E-state index contributed by atoms with van der Waals surface area (Å²) < 4.78 is 13.1. The maximum Gasteiger partial charge on any atom is 0.225 e. The van der Waals surface area contributed by atoms with Crippen molar-refractivity contribution in [3.8, 4) is 11.5 Å². The summed E-state index contributed by atoms with van der Waals surface area (Å²) in [5.41, 5.74) is 7.93. The SMILES string of the molecule is COc1ccc(NC(=O)CC(C)N)cc1OCc1cn2ccccc2n1. The molecule has 3 rings (SSSR count). The lowest BCUT2D eigenvalue weighted by Crippen LogP contribution is -2.23. The van der Waals surface area contributed by atoms with Gasteiger partial charge in [-0.05, 0) is 31.2 Å². The summed E-state index contributed by atoms with van der Waals surface area (Å²) in [6, 6.07) is 10.8. The molecule has 0 saturated heterocycles. The highest BCUT2D eigenvalue weighted by Crippen LogP contribution is 2.31. The van der Waals surface area contributed by atoms with E-state index in [1.54, 1.807) is 32.2 Å². The van der Waals surface area contributed by atoms with E-state index in [1.165, 1.54) is 0 Å². The molecule has 1 atom stereocenters. The number of rotatable bonds is 7. The quantitative estimate of drug-likeness (QED) is 0.680. The monoisotopic (exact) mass is 354 g/mol. The van der Waals surface area contributed by atoms with Gasteiger partial charge in [-0.25, -0.2) is 4.98 Å². The topological polar surface area (TPSA) is 90.9 Å². The molecule has 2 heterocycles. The van der Waals surface area contributed by atoms with Gasteiger partial charge in [-0.1, -0.05) is 6.07 Å². The Bertz CT molecular complexity index is 872. The Kier molecular flexibility index (Phi) is 5.38. The largest absolute Gasteiger partial charge is 0.493 e. The fraction of sp³-hybridized carbons (Fsp3) is 0.263. The number of hydrogen-bond acceptors (Lipinski definition) is 5. The lowest BCUT2D eigenvalue weighted by Gasteiger charge is -2.13. The van der Waals surface area contributed by atoms with Crippen molar-refractivity contribution in [1.82, 2.24) is 9.38 Å². The normalized spacial score (nSPS) is 12.0. The fourth-order valence-corrected chi connectivity index (χ4v) is 2.58. The minimum atomic E-state index is -0.195. The molecule has 7 heteroatoms. The molecular weight excluding hydrogens is 332 g/mol. The Morgan fingerprint density at radius 2 is 2.15 bits per heavy atom. The second-order valence-corrected chi connectivity index (χ2v) is 6.08. The smallest absolute Gasteiger partial charge is 0.225 e. The number of carbonyl (C=O) groups is 1. The number of pyridine rings is 1. The van der Waals surface area contributed by atoms with Gasteiger partial charge in [0.1, 0.15) is 12.3 Å². The number of nitrogens with zero attached hydrogens (tertiary/aromatic N) is 2. The Hall–Kier alpha value is -3.06. The molecule has 0 aliphatic carbocycles. The molecule has 0 bridgehead atoms. The molecule has 0 aliphatic rings. The van der Waals surface area contributed by atoms with Gasteiger partial charge in [-0.3, -0.25) is 4.79 Å². The van der Waals surface area contributed by atoms with Crippen molar-refractivity contribution in [2.24, 2.45) is 5.73 Å². The van der Waals surface area contributed by atoms with Crippen LogP contribution < -0.4 is 20.5 Å². The molecule has 136 valence electrons. The van der Waals surface area contributed by atoms with Crippen molar-refractivity contribution < 1.29 is 14.3 Å². The van der Waals surface area contributed by atoms with Crippen molar-refractivity contribution in [3.05, 3.63) is 54.5 Å². The highest BCUT2D eigenvalue weighted by Gasteiger charge is 2.11. The molecule has 26 heavy (non-hydrogen) atoms. The van der Waals surface area contributed by atoms with E-state index in [4.69, 9.17) is 15.2 Å². The van der Waals surface area contributed by atoms with Crippen LogP contribution >= 0.6 is 0 Å². The Labute approximate surface area is 151 Å². The van der Waals surface area contributed by atoms with Crippen LogP contribution in [-0.4, -0.2) is 28.4 Å². The van der Waals surface area contributed by atoms with Crippen LogP contribution in [0.3, 0.4) is 0 Å². The van der Waals surface area contributed by atoms with E-state index >= 15 is 0 Å². The van der Waals surface area contributed by atoms with Gasteiger partial charge in [0, 0.05) is 36.6 Å². The number of ether oxygens (including phenoxy) is 2. The first kappa shape index (κ1) is 17.8. The number of anilines is 1. The van der Waals surface area contributed by atoms with E-state index in [1.807, 2.05) is 35.0 Å². The third-order valence-corrected chi connectivity index (χ3v) is 3.74. The van der Waals surface area contributed by atoms with Gasteiger partial charge in [-0.15, -0.1) is 0 Å². The summed E-state index contributed by atoms with van der Waals surface area (Å²) in [5.74, 6) is 0.971. The third-order valence-electron chi connectivity index (χ3n) is 3.74. The molecular formula is C19H22N4O3. The maximum absolute atomic E-state index is 11.9. The zero-order valence-electron chi connectivity index (χ0n) is 14.8. The van der Waals surface area contributed by atoms with Gasteiger partial charge in [0.15, 0.2) is 11.5 Å². The number of fused-ring (bicyclic) bond motifs is 1. The number of nitrogens with one attached hydrogen (secondary N) is 1. The zero-order chi connectivity index (χ0) is 18.5. The summed E-state index contributed by atoms with van der Waals surface area (Å²) in [7, 11) is 1.57. The molecule has 0 aliphatic heterocycles. The molecule has 0 radical (unpaired) electrons. The summed E-state index contributed by atoms with van der Waals surface area (Å²) in [5, 5.41) is 2.81. The Morgan fingerprint density at radius 3 is 2.88 bits per heavy atom. The van der Waals surface area contributed by atoms with Gasteiger partial charge < -0.3 is 24.9 Å². The average Bonchev–Trinajstić information content (AvgIpc) is 3.02. The number of nitrogens with two attached hydrogens (primary N) is 1. The van der Waals surface area contributed by atoms with E-state index < -0.39 is 0 Å². The van der Waals surface area contributed by atoms with E-state index in [9.17, 15) is 4.79 Å². The minimum Gasteiger partial charge on any atom is -0.493 e. The zero-order valence-corrected chi connectivity index (χ0v) is 14.8. The van der Waals surface area contributed by atoms with Crippen LogP contribution in [-0.2, 0) is 11.4 Å². The second-order valence-electron chi connectivity index (χ2n) is 6.08. The predicted octanol–water partition coefficient (Wildman–Crippen LogP) is 2.60. The highest BCUT2D eigenvalue weighted by molar-refractivity contribution is 5.91. The molecule has 1 unspecified atom stereocenters. The van der Waals surface area contributed by atoms with Crippen molar-refractivity contribution in [3.63, 3.8) is 0 Å². The average molecular weight is 354 g/mol. The summed E-state index contributed by atoms with van der Waals surface area (Å²) in [6.07, 6.45) is 4.10. The van der Waals surface area contributed by atoms with Crippen LogP contribution in [0.5, 0.6) is 11.5 Å². The number of hydrogen-bond donors (Lipinski definition) is 2. The first-order valence-electron chi connectivity index (χ1n) is 8.34. The van der Waals surface area contributed by atoms with Crippen LogP contribution in [0.15, 0.2) is 48.8 Å². The van der Waals surface area contributed by atoms with Gasteiger partial charge in [0.25, 0.3) is 0 Å². The van der Waals surface area contributed by atoms with E-state index in [2.05, 4.69) is 10.3 Å². The molecule has 0 fully saturated rings. The summed E-state index contributed by atoms with van der Waals surface area (Å²) in [6.45, 7) is 2.08. The van der Waals surface area contributed by atoms with Gasteiger partial charge in [-0.2, -0.15) is 0 Å². The number of benzene rings is 1. The fourth-order valence-electron chi connectivity index (χ4n) is 2.58. The standard InChI is InChI=1S/C19H22N4O3/c1-13(20)9-19(24)22-14-6-7-16(25-2)17(10-14)26-12-15-11-23-8-4-3-5-18(23)21-15/h3-8,10-11,13H,9,12,20H2,1-2H3,(H,22,24). The van der Waals surface area contributed by atoms with Gasteiger partial charge >= 0.3 is 0 Å². The number of methoxy groups -OCH3 is 1.